The summed E-state index contributed by atoms with van der Waals surface area (Å²) in [6.45, 7) is -0.816. The average molecular weight is 238 g/mol. The van der Waals surface area contributed by atoms with Crippen molar-refractivity contribution in [3.05, 3.63) is 0 Å². The molecular weight excluding hydrogens is 227 g/mol. The predicted molar refractivity (Wildman–Crippen MR) is 47.7 cm³/mol. The van der Waals surface area contributed by atoms with Gasteiger partial charge in [-0.25, -0.2) is 0 Å². The predicted octanol–water partition coefficient (Wildman–Crippen LogP) is -3.19. The molecule has 5 N–H and O–H groups in total. The molecule has 79 valence electrons. The van der Waals surface area contributed by atoms with Crippen LogP contribution in [0.25, 0.3) is 0 Å². The minimum absolute atomic E-state index is 0. The van der Waals surface area contributed by atoms with Crippen LogP contribution in [-0.2, 0) is 4.79 Å². The van der Waals surface area contributed by atoms with Crippen LogP contribution in [0.1, 0.15) is 0 Å². The van der Waals surface area contributed by atoms with Gasteiger partial charge in [0, 0.05) is 29.6 Å². The molecule has 0 bridgehead atoms. The Morgan fingerprint density at radius 2 is 1.64 bits per heavy atom. The normalized spacial score (nSPS) is 19.0. The molecule has 8 heteroatoms. The summed E-state index contributed by atoms with van der Waals surface area (Å²) in [5, 5.41) is 43.5. The van der Waals surface area contributed by atoms with Gasteiger partial charge in [-0.1, -0.05) is 11.6 Å². The molecular formula is C6H11ClNaO6. The van der Waals surface area contributed by atoms with Gasteiger partial charge in [0.15, 0.2) is 5.56 Å². The minimum Gasteiger partial charge on any atom is -0.394 e. The summed E-state index contributed by atoms with van der Waals surface area (Å²) >= 11 is 4.91. The van der Waals surface area contributed by atoms with E-state index < -0.39 is 36.3 Å². The molecule has 0 rings (SSSR count). The van der Waals surface area contributed by atoms with E-state index in [-0.39, 0.29) is 29.6 Å². The first-order valence-electron chi connectivity index (χ1n) is 3.42. The van der Waals surface area contributed by atoms with Gasteiger partial charge in [0.2, 0.25) is 5.78 Å². The van der Waals surface area contributed by atoms with E-state index in [1.165, 1.54) is 0 Å². The van der Waals surface area contributed by atoms with Crippen molar-refractivity contribution in [1.29, 1.82) is 0 Å². The number of hydrogen-bond donors (Lipinski definition) is 5. The maximum absolute atomic E-state index is 10.7. The molecule has 0 fully saturated rings. The third kappa shape index (κ3) is 5.01. The SMILES string of the molecule is O=C(C(O)Cl)[C@@H](O)[C@H](O)[C@H](O)CO.[Na]. The largest absolute Gasteiger partial charge is 0.394 e. The van der Waals surface area contributed by atoms with Crippen LogP contribution >= 0.6 is 11.6 Å². The fourth-order valence-electron chi connectivity index (χ4n) is 0.628. The van der Waals surface area contributed by atoms with E-state index in [0.29, 0.717) is 0 Å². The zero-order chi connectivity index (χ0) is 10.6. The van der Waals surface area contributed by atoms with Gasteiger partial charge in [0.25, 0.3) is 0 Å². The first-order valence-corrected chi connectivity index (χ1v) is 3.86. The van der Waals surface area contributed by atoms with Gasteiger partial charge in [0.05, 0.1) is 6.61 Å². The number of rotatable bonds is 5. The summed E-state index contributed by atoms with van der Waals surface area (Å²) in [7, 11) is 0. The van der Waals surface area contributed by atoms with Crippen molar-refractivity contribution in [2.45, 2.75) is 23.9 Å². The van der Waals surface area contributed by atoms with Crippen LogP contribution in [0.3, 0.4) is 0 Å². The van der Waals surface area contributed by atoms with Crippen molar-refractivity contribution in [1.82, 2.24) is 0 Å². The van der Waals surface area contributed by atoms with Crippen LogP contribution in [-0.4, -0.2) is 91.4 Å². The Bertz CT molecular complexity index is 178. The summed E-state index contributed by atoms with van der Waals surface area (Å²) in [5.74, 6) is -1.23. The number of hydrogen-bond acceptors (Lipinski definition) is 6. The van der Waals surface area contributed by atoms with E-state index >= 15 is 0 Å². The van der Waals surface area contributed by atoms with E-state index in [1.807, 2.05) is 0 Å². The summed E-state index contributed by atoms with van der Waals surface area (Å²) < 4.78 is 0. The van der Waals surface area contributed by atoms with Crippen LogP contribution in [0.2, 0.25) is 0 Å². The second-order valence-corrected chi connectivity index (χ2v) is 2.84. The topological polar surface area (TPSA) is 118 Å². The van der Waals surface area contributed by atoms with E-state index in [1.54, 1.807) is 0 Å². The molecule has 1 radical (unpaired) electrons. The van der Waals surface area contributed by atoms with Crippen molar-refractivity contribution < 1.29 is 30.3 Å². The van der Waals surface area contributed by atoms with E-state index in [0.717, 1.165) is 0 Å². The van der Waals surface area contributed by atoms with Crippen molar-refractivity contribution in [3.8, 4) is 0 Å². The Hall–Kier alpha value is 0.760. The Labute approximate surface area is 107 Å². The van der Waals surface area contributed by atoms with Crippen LogP contribution in [0.5, 0.6) is 0 Å². The van der Waals surface area contributed by atoms with E-state index in [2.05, 4.69) is 0 Å². The second-order valence-electron chi connectivity index (χ2n) is 2.42. The monoisotopic (exact) mass is 237 g/mol. The molecule has 1 unspecified atom stereocenters. The molecule has 0 saturated heterocycles. The smallest absolute Gasteiger partial charge is 0.207 e. The Kier molecular flexibility index (Phi) is 9.78. The fraction of sp³-hybridized carbons (Fsp3) is 0.833. The molecule has 4 atom stereocenters. The Morgan fingerprint density at radius 1 is 1.21 bits per heavy atom. The fourth-order valence-corrected chi connectivity index (χ4v) is 0.757. The van der Waals surface area contributed by atoms with Gasteiger partial charge >= 0.3 is 0 Å². The van der Waals surface area contributed by atoms with Gasteiger partial charge in [-0.05, 0) is 0 Å². The van der Waals surface area contributed by atoms with Crippen LogP contribution in [0.4, 0.5) is 0 Å². The molecule has 6 nitrogen and oxygen atoms in total. The van der Waals surface area contributed by atoms with Crippen molar-refractivity contribution in [2.24, 2.45) is 0 Å². The Morgan fingerprint density at radius 3 is 1.93 bits per heavy atom. The van der Waals surface area contributed by atoms with E-state index in [4.69, 9.17) is 37.1 Å². The summed E-state index contributed by atoms with van der Waals surface area (Å²) in [4.78, 5) is 10.7. The third-order valence-electron chi connectivity index (χ3n) is 1.43. The van der Waals surface area contributed by atoms with E-state index in [9.17, 15) is 4.79 Å². The number of aliphatic hydroxyl groups excluding tert-OH is 5. The molecule has 0 spiro atoms. The van der Waals surface area contributed by atoms with Gasteiger partial charge < -0.3 is 25.5 Å². The molecule has 0 aliphatic rings. The first kappa shape index (κ1) is 17.2. The third-order valence-corrected chi connectivity index (χ3v) is 1.65. The van der Waals surface area contributed by atoms with Crippen LogP contribution < -0.4 is 0 Å². The summed E-state index contributed by atoms with van der Waals surface area (Å²) in [6, 6.07) is 0. The molecule has 14 heavy (non-hydrogen) atoms. The number of carbonyl (C=O) groups excluding carboxylic acids is 1. The Balaban J connectivity index is 0. The molecule has 0 amide bonds. The quantitative estimate of drug-likeness (QED) is 0.254. The number of aliphatic hydroxyl groups is 5. The molecule has 0 saturated carbocycles. The second kappa shape index (κ2) is 7.98. The number of alkyl halides is 1. The number of Topliss-reactive ketones (excluding diaryl/α,β-unsaturated/α-hetero) is 1. The molecule has 0 aliphatic carbocycles. The molecule has 0 aromatic carbocycles. The summed E-state index contributed by atoms with van der Waals surface area (Å²) in [5.41, 5.74) is -1.95. The van der Waals surface area contributed by atoms with Crippen LogP contribution in [0.15, 0.2) is 0 Å². The average Bonchev–Trinajstić information content (AvgIpc) is 2.12. The van der Waals surface area contributed by atoms with Crippen molar-refractivity contribution in [2.75, 3.05) is 6.61 Å². The van der Waals surface area contributed by atoms with Gasteiger partial charge in [-0.15, -0.1) is 0 Å². The van der Waals surface area contributed by atoms with Crippen molar-refractivity contribution >= 4 is 46.9 Å². The molecule has 0 aromatic heterocycles. The maximum atomic E-state index is 10.7. The first-order chi connectivity index (χ1) is 5.91. The van der Waals surface area contributed by atoms with Crippen LogP contribution in [0, 0.1) is 0 Å². The number of ketones is 1. The zero-order valence-corrected chi connectivity index (χ0v) is 10.3. The van der Waals surface area contributed by atoms with Crippen molar-refractivity contribution in [3.63, 3.8) is 0 Å². The zero-order valence-electron chi connectivity index (χ0n) is 7.54. The molecule has 0 heterocycles. The van der Waals surface area contributed by atoms with Gasteiger partial charge in [-0.3, -0.25) is 4.79 Å². The summed E-state index contributed by atoms with van der Waals surface area (Å²) in [6.07, 6.45) is -5.55. The molecule has 0 aromatic rings. The van der Waals surface area contributed by atoms with Gasteiger partial charge in [0.1, 0.15) is 18.3 Å². The molecule has 0 aliphatic heterocycles. The minimum atomic E-state index is -2.02. The van der Waals surface area contributed by atoms with Gasteiger partial charge in [-0.2, -0.15) is 0 Å². The number of halogens is 1. The number of carbonyl (C=O) groups is 1. The standard InChI is InChI=1S/C6H11ClO6.Na/c7-6(13)5(12)4(11)3(10)2(9)1-8;/h2-4,6,8-11,13H,1H2;/t2-,3-,4+,6?;/m1./s1. The maximum Gasteiger partial charge on any atom is 0.207 e.